The molecule has 0 aliphatic carbocycles. The fraction of sp³-hybridized carbons (Fsp3) is 0.118. The standard InChI is InChI=1S/C17H12ClFN2O4/c1-9-13(17(23)24-2)7-12(25-9)5-10(8-20)16(22)21-11-3-4-15(19)14(18)6-11/h3-7H,1-2H3,(H,21,22)/b10-5+. The predicted molar refractivity (Wildman–Crippen MR) is 88.4 cm³/mol. The molecule has 128 valence electrons. The van der Waals surface area contributed by atoms with E-state index in [2.05, 4.69) is 10.1 Å². The lowest BCUT2D eigenvalue weighted by atomic mass is 10.2. The summed E-state index contributed by atoms with van der Waals surface area (Å²) in [5, 5.41) is 11.4. The summed E-state index contributed by atoms with van der Waals surface area (Å²) in [4.78, 5) is 23.7. The van der Waals surface area contributed by atoms with Gasteiger partial charge in [0.2, 0.25) is 0 Å². The third kappa shape index (κ3) is 4.25. The summed E-state index contributed by atoms with van der Waals surface area (Å²) in [6.07, 6.45) is 1.18. The van der Waals surface area contributed by atoms with Crippen molar-refractivity contribution in [3.63, 3.8) is 0 Å². The van der Waals surface area contributed by atoms with E-state index in [-0.39, 0.29) is 27.6 Å². The number of amides is 1. The zero-order valence-electron chi connectivity index (χ0n) is 13.2. The molecule has 1 heterocycles. The van der Waals surface area contributed by atoms with Crippen molar-refractivity contribution in [3.05, 3.63) is 57.8 Å². The summed E-state index contributed by atoms with van der Waals surface area (Å²) in [5.74, 6) is -1.52. The first-order chi connectivity index (χ1) is 11.8. The Kier molecular flexibility index (Phi) is 5.57. The van der Waals surface area contributed by atoms with Gasteiger partial charge in [-0.1, -0.05) is 11.6 Å². The Labute approximate surface area is 147 Å². The first kappa shape index (κ1) is 18.2. The molecule has 0 unspecified atom stereocenters. The van der Waals surface area contributed by atoms with Crippen molar-refractivity contribution in [2.45, 2.75) is 6.92 Å². The first-order valence-electron chi connectivity index (χ1n) is 6.92. The van der Waals surface area contributed by atoms with Crippen LogP contribution in [0.15, 0.2) is 34.3 Å². The SMILES string of the molecule is COC(=O)c1cc(/C=C(\C#N)C(=O)Nc2ccc(F)c(Cl)c2)oc1C. The lowest BCUT2D eigenvalue weighted by molar-refractivity contribution is -0.112. The van der Waals surface area contributed by atoms with Gasteiger partial charge in [0.05, 0.1) is 12.1 Å². The summed E-state index contributed by atoms with van der Waals surface area (Å²) in [6.45, 7) is 1.55. The zero-order chi connectivity index (χ0) is 18.6. The second-order valence-electron chi connectivity index (χ2n) is 4.86. The number of ether oxygens (including phenoxy) is 1. The van der Waals surface area contributed by atoms with Crippen LogP contribution in [0.5, 0.6) is 0 Å². The Bertz CT molecular complexity index is 912. The number of rotatable bonds is 4. The van der Waals surface area contributed by atoms with Gasteiger partial charge in [0.1, 0.15) is 34.5 Å². The van der Waals surface area contributed by atoms with Gasteiger partial charge in [-0.2, -0.15) is 5.26 Å². The third-order valence-corrected chi connectivity index (χ3v) is 3.46. The molecule has 0 spiro atoms. The van der Waals surface area contributed by atoms with Gasteiger partial charge < -0.3 is 14.5 Å². The van der Waals surface area contributed by atoms with Crippen molar-refractivity contribution in [3.8, 4) is 6.07 Å². The van der Waals surface area contributed by atoms with Crippen LogP contribution in [0, 0.1) is 24.1 Å². The van der Waals surface area contributed by atoms with Crippen LogP contribution < -0.4 is 5.32 Å². The zero-order valence-corrected chi connectivity index (χ0v) is 14.0. The number of carbonyl (C=O) groups is 2. The van der Waals surface area contributed by atoms with Crippen molar-refractivity contribution in [1.82, 2.24) is 0 Å². The van der Waals surface area contributed by atoms with E-state index in [0.717, 1.165) is 6.07 Å². The molecule has 1 aromatic carbocycles. The maximum absolute atomic E-state index is 13.1. The molecule has 8 heteroatoms. The number of aryl methyl sites for hydroxylation is 1. The number of nitrogens with zero attached hydrogens (tertiary/aromatic N) is 1. The highest BCUT2D eigenvalue weighted by molar-refractivity contribution is 6.31. The first-order valence-corrected chi connectivity index (χ1v) is 7.30. The van der Waals surface area contributed by atoms with Crippen LogP contribution in [0.1, 0.15) is 21.9 Å². The molecule has 2 rings (SSSR count). The minimum absolute atomic E-state index is 0.140. The van der Waals surface area contributed by atoms with Gasteiger partial charge in [0.15, 0.2) is 0 Å². The van der Waals surface area contributed by atoms with Crippen LogP contribution in [-0.2, 0) is 9.53 Å². The third-order valence-electron chi connectivity index (χ3n) is 3.17. The van der Waals surface area contributed by atoms with Gasteiger partial charge in [0.25, 0.3) is 5.91 Å². The molecule has 1 amide bonds. The minimum Gasteiger partial charge on any atom is -0.465 e. The summed E-state index contributed by atoms with van der Waals surface area (Å²) in [6, 6.07) is 6.71. The molecule has 1 N–H and O–H groups in total. The molecule has 0 fully saturated rings. The number of carbonyl (C=O) groups excluding carboxylic acids is 2. The van der Waals surface area contributed by atoms with E-state index in [1.165, 1.54) is 31.4 Å². The van der Waals surface area contributed by atoms with E-state index < -0.39 is 17.7 Å². The fourth-order valence-corrected chi connectivity index (χ4v) is 2.13. The van der Waals surface area contributed by atoms with Crippen molar-refractivity contribution in [2.75, 3.05) is 12.4 Å². The van der Waals surface area contributed by atoms with E-state index in [1.807, 2.05) is 0 Å². The monoisotopic (exact) mass is 362 g/mol. The highest BCUT2D eigenvalue weighted by Crippen LogP contribution is 2.21. The van der Waals surface area contributed by atoms with Crippen molar-refractivity contribution in [1.29, 1.82) is 5.26 Å². The van der Waals surface area contributed by atoms with Gasteiger partial charge >= 0.3 is 5.97 Å². The molecule has 6 nitrogen and oxygen atoms in total. The predicted octanol–water partition coefficient (Wildman–Crippen LogP) is 3.71. The van der Waals surface area contributed by atoms with E-state index >= 15 is 0 Å². The number of hydrogen-bond acceptors (Lipinski definition) is 5. The summed E-state index contributed by atoms with van der Waals surface area (Å²) in [7, 11) is 1.23. The number of methoxy groups -OCH3 is 1. The van der Waals surface area contributed by atoms with Gasteiger partial charge in [0, 0.05) is 11.8 Å². The smallest absolute Gasteiger partial charge is 0.341 e. The number of esters is 1. The molecule has 0 radical (unpaired) electrons. The molecule has 0 aliphatic rings. The number of benzene rings is 1. The number of anilines is 1. The second-order valence-corrected chi connectivity index (χ2v) is 5.27. The van der Waals surface area contributed by atoms with Crippen molar-refractivity contribution >= 4 is 35.2 Å². The molecule has 1 aromatic heterocycles. The molecule has 25 heavy (non-hydrogen) atoms. The Hall–Kier alpha value is -3.11. The van der Waals surface area contributed by atoms with Crippen molar-refractivity contribution < 1.29 is 23.1 Å². The molecular weight excluding hydrogens is 351 g/mol. The Morgan fingerprint density at radius 3 is 2.72 bits per heavy atom. The number of hydrogen-bond donors (Lipinski definition) is 1. The van der Waals surface area contributed by atoms with Crippen LogP contribution in [0.3, 0.4) is 0 Å². The Balaban J connectivity index is 2.25. The van der Waals surface area contributed by atoms with Crippen molar-refractivity contribution in [2.24, 2.45) is 0 Å². The average Bonchev–Trinajstić information content (AvgIpc) is 2.95. The Morgan fingerprint density at radius 2 is 2.12 bits per heavy atom. The maximum Gasteiger partial charge on any atom is 0.341 e. The molecule has 0 atom stereocenters. The normalized spacial score (nSPS) is 10.9. The lowest BCUT2D eigenvalue weighted by Crippen LogP contribution is -2.13. The van der Waals surface area contributed by atoms with Gasteiger partial charge in [-0.3, -0.25) is 4.79 Å². The number of nitrogens with one attached hydrogen (secondary N) is 1. The van der Waals surface area contributed by atoms with Crippen LogP contribution in [0.2, 0.25) is 5.02 Å². The van der Waals surface area contributed by atoms with Gasteiger partial charge in [-0.15, -0.1) is 0 Å². The number of furan rings is 1. The minimum atomic E-state index is -0.737. The molecule has 2 aromatic rings. The van der Waals surface area contributed by atoms with Crippen LogP contribution in [0.4, 0.5) is 10.1 Å². The van der Waals surface area contributed by atoms with E-state index in [9.17, 15) is 14.0 Å². The van der Waals surface area contributed by atoms with Gasteiger partial charge in [-0.25, -0.2) is 9.18 Å². The van der Waals surface area contributed by atoms with E-state index in [4.69, 9.17) is 21.3 Å². The molecular formula is C17H12ClFN2O4. The van der Waals surface area contributed by atoms with Crippen LogP contribution in [-0.4, -0.2) is 19.0 Å². The highest BCUT2D eigenvalue weighted by atomic mass is 35.5. The molecule has 0 saturated heterocycles. The molecule has 0 saturated carbocycles. The van der Waals surface area contributed by atoms with E-state index in [1.54, 1.807) is 13.0 Å². The topological polar surface area (TPSA) is 92.3 Å². The number of halogens is 2. The fourth-order valence-electron chi connectivity index (χ4n) is 1.95. The van der Waals surface area contributed by atoms with Crippen LogP contribution >= 0.6 is 11.6 Å². The molecule has 0 aliphatic heterocycles. The average molecular weight is 363 g/mol. The summed E-state index contributed by atoms with van der Waals surface area (Å²) < 4.78 is 23.1. The molecule has 0 bridgehead atoms. The van der Waals surface area contributed by atoms with Crippen LogP contribution in [0.25, 0.3) is 6.08 Å². The number of nitriles is 1. The highest BCUT2D eigenvalue weighted by Gasteiger charge is 2.17. The summed E-state index contributed by atoms with van der Waals surface area (Å²) >= 11 is 5.64. The lowest BCUT2D eigenvalue weighted by Gasteiger charge is -2.04. The summed E-state index contributed by atoms with van der Waals surface area (Å²) in [5.41, 5.74) is 0.144. The second kappa shape index (κ2) is 7.64. The van der Waals surface area contributed by atoms with Gasteiger partial charge in [-0.05, 0) is 31.2 Å². The maximum atomic E-state index is 13.1. The quantitative estimate of drug-likeness (QED) is 0.508. The Morgan fingerprint density at radius 1 is 1.40 bits per heavy atom. The van der Waals surface area contributed by atoms with E-state index in [0.29, 0.717) is 5.76 Å². The largest absolute Gasteiger partial charge is 0.465 e.